The number of ether oxygens (including phenoxy) is 1. The molecule has 0 amide bonds. The second-order valence-corrected chi connectivity index (χ2v) is 4.63. The first-order valence-corrected chi connectivity index (χ1v) is 6.21. The van der Waals surface area contributed by atoms with E-state index >= 15 is 0 Å². The Kier molecular flexibility index (Phi) is 4.36. The van der Waals surface area contributed by atoms with Crippen molar-refractivity contribution >= 4 is 35.0 Å². The van der Waals surface area contributed by atoms with Crippen LogP contribution in [0.3, 0.4) is 0 Å². The Morgan fingerprint density at radius 1 is 1.35 bits per heavy atom. The summed E-state index contributed by atoms with van der Waals surface area (Å²) in [6.45, 7) is 0. The van der Waals surface area contributed by atoms with Crippen molar-refractivity contribution in [2.45, 2.75) is 6.04 Å². The van der Waals surface area contributed by atoms with Gasteiger partial charge in [-0.1, -0.05) is 23.2 Å². The quantitative estimate of drug-likeness (QED) is 0.491. The van der Waals surface area contributed by atoms with E-state index in [-0.39, 0.29) is 10.6 Å². The van der Waals surface area contributed by atoms with Gasteiger partial charge < -0.3 is 4.74 Å². The number of nitrogens with zero attached hydrogens (tertiary/aromatic N) is 3. The average molecular weight is 314 g/mol. The minimum absolute atomic E-state index is 0.150. The maximum absolute atomic E-state index is 12.5. The Balaban J connectivity index is 2.44. The first kappa shape index (κ1) is 14.5. The molecule has 1 unspecified atom stereocenters. The van der Waals surface area contributed by atoms with E-state index < -0.39 is 17.8 Å². The highest BCUT2D eigenvalue weighted by Crippen LogP contribution is 2.25. The maximum Gasteiger partial charge on any atom is 0.338 e. The third-order valence-electron chi connectivity index (χ3n) is 2.57. The number of carbonyl (C=O) groups is 2. The van der Waals surface area contributed by atoms with Crippen LogP contribution in [0.4, 0.5) is 0 Å². The molecule has 1 aromatic heterocycles. The van der Waals surface area contributed by atoms with E-state index in [9.17, 15) is 9.59 Å². The Labute approximate surface area is 124 Å². The van der Waals surface area contributed by atoms with Gasteiger partial charge in [-0.05, 0) is 18.2 Å². The van der Waals surface area contributed by atoms with E-state index in [1.54, 1.807) is 0 Å². The number of ketones is 1. The fourth-order valence-corrected chi connectivity index (χ4v) is 2.14. The topological polar surface area (TPSA) is 74.1 Å². The van der Waals surface area contributed by atoms with Gasteiger partial charge in [-0.15, -0.1) is 0 Å². The predicted octanol–water partition coefficient (Wildman–Crippen LogP) is 2.18. The Morgan fingerprint density at radius 2 is 2.10 bits per heavy atom. The van der Waals surface area contributed by atoms with Crippen LogP contribution in [-0.2, 0) is 9.53 Å². The van der Waals surface area contributed by atoms with Crippen molar-refractivity contribution in [2.75, 3.05) is 7.11 Å². The lowest BCUT2D eigenvalue weighted by atomic mass is 10.0. The monoisotopic (exact) mass is 313 g/mol. The largest absolute Gasteiger partial charge is 0.467 e. The molecule has 2 aromatic rings. The molecule has 2 rings (SSSR count). The number of aromatic nitrogens is 3. The number of methoxy groups -OCH3 is 1. The molecular weight excluding hydrogens is 305 g/mol. The third kappa shape index (κ3) is 2.81. The smallest absolute Gasteiger partial charge is 0.338 e. The van der Waals surface area contributed by atoms with E-state index in [1.807, 2.05) is 0 Å². The van der Waals surface area contributed by atoms with Gasteiger partial charge in [-0.3, -0.25) is 4.79 Å². The van der Waals surface area contributed by atoms with Crippen LogP contribution < -0.4 is 0 Å². The van der Waals surface area contributed by atoms with Crippen LogP contribution in [-0.4, -0.2) is 33.6 Å². The zero-order chi connectivity index (χ0) is 14.7. The molecule has 104 valence electrons. The molecular formula is C12H9Cl2N3O3. The van der Waals surface area contributed by atoms with Crippen LogP contribution in [0.5, 0.6) is 0 Å². The summed E-state index contributed by atoms with van der Waals surface area (Å²) in [4.78, 5) is 28.0. The molecule has 20 heavy (non-hydrogen) atoms. The normalized spacial score (nSPS) is 11.9. The molecule has 6 nitrogen and oxygen atoms in total. The first-order chi connectivity index (χ1) is 9.54. The van der Waals surface area contributed by atoms with Crippen LogP contribution in [0.2, 0.25) is 10.0 Å². The van der Waals surface area contributed by atoms with Gasteiger partial charge in [0.2, 0.25) is 6.04 Å². The molecule has 0 aliphatic heterocycles. The van der Waals surface area contributed by atoms with Crippen molar-refractivity contribution in [1.82, 2.24) is 14.8 Å². The van der Waals surface area contributed by atoms with Gasteiger partial charge in [0.05, 0.1) is 12.1 Å². The van der Waals surface area contributed by atoms with E-state index in [2.05, 4.69) is 14.8 Å². The van der Waals surface area contributed by atoms with Gasteiger partial charge in [-0.25, -0.2) is 14.5 Å². The van der Waals surface area contributed by atoms with Crippen molar-refractivity contribution in [2.24, 2.45) is 0 Å². The summed E-state index contributed by atoms with van der Waals surface area (Å²) in [5, 5.41) is 4.33. The molecule has 0 saturated heterocycles. The summed E-state index contributed by atoms with van der Waals surface area (Å²) in [5.74, 6) is -1.31. The molecule has 0 fully saturated rings. The molecule has 1 heterocycles. The highest BCUT2D eigenvalue weighted by atomic mass is 35.5. The fourth-order valence-electron chi connectivity index (χ4n) is 1.63. The fraction of sp³-hybridized carbons (Fsp3) is 0.167. The molecule has 0 saturated carbocycles. The van der Waals surface area contributed by atoms with E-state index in [1.165, 1.54) is 38.0 Å². The minimum Gasteiger partial charge on any atom is -0.467 e. The summed E-state index contributed by atoms with van der Waals surface area (Å²) >= 11 is 11.8. The predicted molar refractivity (Wildman–Crippen MR) is 71.9 cm³/mol. The van der Waals surface area contributed by atoms with Crippen molar-refractivity contribution in [3.05, 3.63) is 46.5 Å². The number of benzene rings is 1. The summed E-state index contributed by atoms with van der Waals surface area (Å²) < 4.78 is 5.74. The van der Waals surface area contributed by atoms with Crippen LogP contribution in [0.25, 0.3) is 0 Å². The van der Waals surface area contributed by atoms with Gasteiger partial charge in [0.25, 0.3) is 0 Å². The Morgan fingerprint density at radius 3 is 2.65 bits per heavy atom. The third-order valence-corrected chi connectivity index (χ3v) is 3.12. The Hall–Kier alpha value is -1.92. The standard InChI is InChI=1S/C12H9Cl2N3O3/c1-20-12(19)10(17-6-15-5-16-17)11(18)8-3-2-7(13)4-9(8)14/h2-6,10H,1H3. The van der Waals surface area contributed by atoms with Gasteiger partial charge in [0, 0.05) is 10.6 Å². The summed E-state index contributed by atoms with van der Waals surface area (Å²) in [5.41, 5.74) is 0.155. The van der Waals surface area contributed by atoms with Gasteiger partial charge in [0.15, 0.2) is 5.78 Å². The Bertz CT molecular complexity index is 643. The van der Waals surface area contributed by atoms with Crippen molar-refractivity contribution in [3.8, 4) is 0 Å². The first-order valence-electron chi connectivity index (χ1n) is 5.45. The number of hydrogen-bond donors (Lipinski definition) is 0. The molecule has 0 aliphatic rings. The van der Waals surface area contributed by atoms with Gasteiger partial charge >= 0.3 is 5.97 Å². The summed E-state index contributed by atoms with van der Waals surface area (Å²) in [7, 11) is 1.18. The number of esters is 1. The van der Waals surface area contributed by atoms with E-state index in [4.69, 9.17) is 23.2 Å². The highest BCUT2D eigenvalue weighted by molar-refractivity contribution is 6.37. The van der Waals surface area contributed by atoms with Crippen molar-refractivity contribution < 1.29 is 14.3 Å². The molecule has 0 spiro atoms. The van der Waals surface area contributed by atoms with Crippen molar-refractivity contribution in [3.63, 3.8) is 0 Å². The van der Waals surface area contributed by atoms with Gasteiger partial charge in [-0.2, -0.15) is 5.10 Å². The second-order valence-electron chi connectivity index (χ2n) is 3.79. The highest BCUT2D eigenvalue weighted by Gasteiger charge is 2.32. The average Bonchev–Trinajstić information content (AvgIpc) is 2.92. The lowest BCUT2D eigenvalue weighted by Gasteiger charge is -2.14. The van der Waals surface area contributed by atoms with E-state index in [0.717, 1.165) is 4.68 Å². The lowest BCUT2D eigenvalue weighted by molar-refractivity contribution is -0.143. The van der Waals surface area contributed by atoms with Crippen LogP contribution in [0, 0.1) is 0 Å². The summed E-state index contributed by atoms with van der Waals surface area (Å²) in [6, 6.07) is 3.10. The van der Waals surface area contributed by atoms with Crippen LogP contribution in [0.1, 0.15) is 16.4 Å². The SMILES string of the molecule is COC(=O)C(C(=O)c1ccc(Cl)cc1Cl)n1cncn1. The number of hydrogen-bond acceptors (Lipinski definition) is 5. The minimum atomic E-state index is -1.28. The molecule has 0 bridgehead atoms. The van der Waals surface area contributed by atoms with E-state index in [0.29, 0.717) is 5.02 Å². The molecule has 1 atom stereocenters. The second kappa shape index (κ2) is 6.02. The van der Waals surface area contributed by atoms with Crippen molar-refractivity contribution in [1.29, 1.82) is 0 Å². The van der Waals surface area contributed by atoms with Crippen LogP contribution >= 0.6 is 23.2 Å². The maximum atomic E-state index is 12.5. The molecule has 0 aliphatic carbocycles. The molecule has 0 radical (unpaired) electrons. The molecule has 1 aromatic carbocycles. The van der Waals surface area contributed by atoms with Gasteiger partial charge in [0.1, 0.15) is 12.7 Å². The lowest BCUT2D eigenvalue weighted by Crippen LogP contribution is -2.29. The number of Topliss-reactive ketones (excluding diaryl/α,β-unsaturated/α-hetero) is 1. The zero-order valence-corrected chi connectivity index (χ0v) is 11.8. The van der Waals surface area contributed by atoms with Crippen LogP contribution in [0.15, 0.2) is 30.9 Å². The number of carbonyl (C=O) groups excluding carboxylic acids is 2. The summed E-state index contributed by atoms with van der Waals surface area (Å²) in [6.07, 6.45) is 2.47. The molecule has 0 N–H and O–H groups in total. The number of halogens is 2. The zero-order valence-electron chi connectivity index (χ0n) is 10.3. The number of rotatable bonds is 4. The molecule has 8 heteroatoms.